The molecule has 0 saturated carbocycles. The van der Waals surface area contributed by atoms with Crippen LogP contribution < -0.4 is 9.64 Å². The Bertz CT molecular complexity index is 984. The summed E-state index contributed by atoms with van der Waals surface area (Å²) in [6.07, 6.45) is 5.35. The summed E-state index contributed by atoms with van der Waals surface area (Å²) in [6.45, 7) is 3.60. The van der Waals surface area contributed by atoms with Gasteiger partial charge in [-0.25, -0.2) is 4.98 Å². The van der Waals surface area contributed by atoms with Crippen LogP contribution in [0.1, 0.15) is 24.1 Å². The number of likely N-dealkylation sites (N-methyl/N-ethyl adjacent to an activating group) is 1. The van der Waals surface area contributed by atoms with E-state index in [1.54, 1.807) is 0 Å². The molecular formula is C23H26N4O. The van der Waals surface area contributed by atoms with Crippen LogP contribution in [-0.2, 0) is 13.0 Å². The molecule has 0 radical (unpaired) electrons. The zero-order chi connectivity index (χ0) is 18.9. The average Bonchev–Trinajstić information content (AvgIpc) is 3.16. The zero-order valence-corrected chi connectivity index (χ0v) is 16.3. The first-order chi connectivity index (χ1) is 13.8. The Balaban J connectivity index is 1.36. The van der Waals surface area contributed by atoms with Crippen molar-refractivity contribution in [3.63, 3.8) is 0 Å². The minimum Gasteiger partial charge on any atom is -0.462 e. The summed E-state index contributed by atoms with van der Waals surface area (Å²) in [5, 5.41) is 2.57. The van der Waals surface area contributed by atoms with Crippen LogP contribution in [-0.4, -0.2) is 47.7 Å². The van der Waals surface area contributed by atoms with Crippen molar-refractivity contribution >= 4 is 16.5 Å². The molecular weight excluding hydrogens is 348 g/mol. The third kappa shape index (κ3) is 3.31. The summed E-state index contributed by atoms with van der Waals surface area (Å²) in [5.74, 6) is 0. The van der Waals surface area contributed by atoms with Crippen molar-refractivity contribution in [2.75, 3.05) is 31.6 Å². The van der Waals surface area contributed by atoms with Gasteiger partial charge in [0, 0.05) is 29.9 Å². The van der Waals surface area contributed by atoms with E-state index in [1.807, 2.05) is 6.20 Å². The smallest absolute Gasteiger partial charge is 0.316 e. The number of fused-ring (bicyclic) bond motifs is 2. The topological polar surface area (TPSA) is 41.5 Å². The van der Waals surface area contributed by atoms with Gasteiger partial charge in [-0.2, -0.15) is 4.98 Å². The van der Waals surface area contributed by atoms with Gasteiger partial charge in [0.05, 0.1) is 12.2 Å². The van der Waals surface area contributed by atoms with Gasteiger partial charge < -0.3 is 14.5 Å². The zero-order valence-electron chi connectivity index (χ0n) is 16.3. The third-order valence-electron chi connectivity index (χ3n) is 6.11. The first-order valence-electron chi connectivity index (χ1n) is 10.2. The number of rotatable bonds is 4. The Morgan fingerprint density at radius 3 is 2.89 bits per heavy atom. The number of benzene rings is 2. The molecule has 5 rings (SSSR count). The van der Waals surface area contributed by atoms with Gasteiger partial charge in [0.2, 0.25) is 0 Å². The molecule has 1 atom stereocenters. The van der Waals surface area contributed by atoms with Crippen LogP contribution in [0.4, 0.5) is 5.69 Å². The van der Waals surface area contributed by atoms with Crippen molar-refractivity contribution in [2.45, 2.75) is 31.8 Å². The fourth-order valence-electron chi connectivity index (χ4n) is 4.40. The second-order valence-corrected chi connectivity index (χ2v) is 7.88. The number of anilines is 1. The molecule has 28 heavy (non-hydrogen) atoms. The Labute approximate surface area is 166 Å². The van der Waals surface area contributed by atoms with Gasteiger partial charge in [-0.3, -0.25) is 0 Å². The molecule has 0 N–H and O–H groups in total. The standard InChI is InChI=1S/C23H26N4O/c1-26-12-5-8-19(26)16-28-23-24-14-18-11-13-27(15-21(18)25-23)22-10-4-7-17-6-2-3-9-20(17)22/h2-4,6-7,9-10,14,19H,5,8,11-13,15-16H2,1H3/t19-/m0/s1. The number of nitrogens with zero attached hydrogens (tertiary/aromatic N) is 4. The minimum atomic E-state index is 0.479. The second kappa shape index (κ2) is 7.40. The molecule has 5 nitrogen and oxygen atoms in total. The number of ether oxygens (including phenoxy) is 1. The number of aromatic nitrogens is 2. The van der Waals surface area contributed by atoms with E-state index in [0.29, 0.717) is 18.7 Å². The van der Waals surface area contributed by atoms with Crippen molar-refractivity contribution in [2.24, 2.45) is 0 Å². The van der Waals surface area contributed by atoms with E-state index in [0.717, 1.165) is 31.7 Å². The maximum Gasteiger partial charge on any atom is 0.316 e. The van der Waals surface area contributed by atoms with E-state index in [1.165, 1.54) is 34.9 Å². The Kier molecular flexibility index (Phi) is 4.61. The molecule has 3 aromatic rings. The highest BCUT2D eigenvalue weighted by Gasteiger charge is 2.23. The van der Waals surface area contributed by atoms with E-state index >= 15 is 0 Å². The number of hydrogen-bond donors (Lipinski definition) is 0. The van der Waals surface area contributed by atoms with E-state index in [2.05, 4.69) is 64.3 Å². The summed E-state index contributed by atoms with van der Waals surface area (Å²) in [6, 6.07) is 16.1. The molecule has 2 aromatic carbocycles. The number of hydrogen-bond acceptors (Lipinski definition) is 5. The van der Waals surface area contributed by atoms with Gasteiger partial charge in [-0.1, -0.05) is 36.4 Å². The molecule has 1 fully saturated rings. The van der Waals surface area contributed by atoms with Crippen LogP contribution in [0.3, 0.4) is 0 Å². The van der Waals surface area contributed by atoms with E-state index in [4.69, 9.17) is 9.72 Å². The van der Waals surface area contributed by atoms with Gasteiger partial charge in [0.15, 0.2) is 0 Å². The Hall–Kier alpha value is -2.66. The molecule has 2 aliphatic rings. The second-order valence-electron chi connectivity index (χ2n) is 7.88. The van der Waals surface area contributed by atoms with Crippen molar-refractivity contribution in [3.8, 4) is 6.01 Å². The highest BCUT2D eigenvalue weighted by atomic mass is 16.5. The molecule has 144 valence electrons. The predicted octanol–water partition coefficient (Wildman–Crippen LogP) is 3.67. The molecule has 2 aliphatic heterocycles. The highest BCUT2D eigenvalue weighted by molar-refractivity contribution is 5.94. The summed E-state index contributed by atoms with van der Waals surface area (Å²) >= 11 is 0. The Morgan fingerprint density at radius 2 is 2.00 bits per heavy atom. The normalized spacial score (nSPS) is 19.8. The lowest BCUT2D eigenvalue weighted by molar-refractivity contribution is 0.187. The van der Waals surface area contributed by atoms with Gasteiger partial charge in [-0.15, -0.1) is 0 Å². The van der Waals surface area contributed by atoms with E-state index in [-0.39, 0.29) is 0 Å². The van der Waals surface area contributed by atoms with Crippen LogP contribution in [0.25, 0.3) is 10.8 Å². The van der Waals surface area contributed by atoms with Gasteiger partial charge in [0.25, 0.3) is 0 Å². The molecule has 1 saturated heterocycles. The van der Waals surface area contributed by atoms with Gasteiger partial charge in [0.1, 0.15) is 6.61 Å². The van der Waals surface area contributed by atoms with Crippen molar-refractivity contribution in [3.05, 3.63) is 59.9 Å². The summed E-state index contributed by atoms with van der Waals surface area (Å²) in [4.78, 5) is 14.0. The van der Waals surface area contributed by atoms with E-state index in [9.17, 15) is 0 Å². The highest BCUT2D eigenvalue weighted by Crippen LogP contribution is 2.30. The van der Waals surface area contributed by atoms with Gasteiger partial charge in [-0.05, 0) is 49.9 Å². The average molecular weight is 374 g/mol. The lowest BCUT2D eigenvalue weighted by atomic mass is 10.0. The minimum absolute atomic E-state index is 0.479. The quantitative estimate of drug-likeness (QED) is 0.697. The summed E-state index contributed by atoms with van der Waals surface area (Å²) in [7, 11) is 2.16. The molecule has 1 aromatic heterocycles. The number of likely N-dealkylation sites (tertiary alicyclic amines) is 1. The van der Waals surface area contributed by atoms with Crippen molar-refractivity contribution < 1.29 is 4.74 Å². The lowest BCUT2D eigenvalue weighted by Crippen LogP contribution is -2.32. The molecule has 0 amide bonds. The first kappa shape index (κ1) is 17.4. The molecule has 3 heterocycles. The SMILES string of the molecule is CN1CCC[C@H]1COc1ncc2c(n1)CN(c1cccc3ccccc13)CC2. The maximum atomic E-state index is 5.96. The van der Waals surface area contributed by atoms with Crippen molar-refractivity contribution in [1.82, 2.24) is 14.9 Å². The summed E-state index contributed by atoms with van der Waals surface area (Å²) in [5.41, 5.74) is 3.60. The maximum absolute atomic E-state index is 5.96. The van der Waals surface area contributed by atoms with Crippen LogP contribution in [0.2, 0.25) is 0 Å². The molecule has 0 spiro atoms. The third-order valence-corrected chi connectivity index (χ3v) is 6.11. The molecule has 0 bridgehead atoms. The fourth-order valence-corrected chi connectivity index (χ4v) is 4.40. The van der Waals surface area contributed by atoms with Gasteiger partial charge >= 0.3 is 6.01 Å². The van der Waals surface area contributed by atoms with Crippen LogP contribution in [0.5, 0.6) is 6.01 Å². The Morgan fingerprint density at radius 1 is 1.11 bits per heavy atom. The van der Waals surface area contributed by atoms with Crippen LogP contribution in [0, 0.1) is 0 Å². The molecule has 5 heteroatoms. The fraction of sp³-hybridized carbons (Fsp3) is 0.391. The first-order valence-corrected chi connectivity index (χ1v) is 10.2. The van der Waals surface area contributed by atoms with E-state index < -0.39 is 0 Å². The molecule has 0 unspecified atom stereocenters. The lowest BCUT2D eigenvalue weighted by Gasteiger charge is -2.31. The predicted molar refractivity (Wildman–Crippen MR) is 112 cm³/mol. The largest absolute Gasteiger partial charge is 0.462 e. The van der Waals surface area contributed by atoms with Crippen LogP contribution in [0.15, 0.2) is 48.7 Å². The van der Waals surface area contributed by atoms with Crippen molar-refractivity contribution in [1.29, 1.82) is 0 Å². The monoisotopic (exact) mass is 374 g/mol. The summed E-state index contributed by atoms with van der Waals surface area (Å²) < 4.78 is 5.96. The van der Waals surface area contributed by atoms with Crippen LogP contribution >= 0.6 is 0 Å². The molecule has 0 aliphatic carbocycles.